The zero-order valence-electron chi connectivity index (χ0n) is 20.3. The van der Waals surface area contributed by atoms with Gasteiger partial charge in [0.1, 0.15) is 24.2 Å². The Kier molecular flexibility index (Phi) is 11.0. The van der Waals surface area contributed by atoms with Crippen molar-refractivity contribution in [2.24, 2.45) is 11.7 Å². The molecule has 4 unspecified atom stereocenters. The number of aromatic amines is 1. The Morgan fingerprint density at radius 2 is 1.56 bits per heavy atom. The van der Waals surface area contributed by atoms with Gasteiger partial charge in [-0.15, -0.1) is 0 Å². The van der Waals surface area contributed by atoms with Gasteiger partial charge in [-0.3, -0.25) is 14.4 Å². The highest BCUT2D eigenvalue weighted by Crippen LogP contribution is 2.09. The molecule has 4 atom stereocenters. The van der Waals surface area contributed by atoms with Crippen LogP contribution in [-0.4, -0.2) is 74.6 Å². The number of aliphatic hydroxyl groups excluding tert-OH is 1. The smallest absolute Gasteiger partial charge is 0.326 e. The topological polar surface area (TPSA) is 200 Å². The summed E-state index contributed by atoms with van der Waals surface area (Å²) in [5.41, 5.74) is 6.82. The van der Waals surface area contributed by atoms with E-state index in [2.05, 4.69) is 25.9 Å². The van der Waals surface area contributed by atoms with E-state index in [1.54, 1.807) is 30.3 Å². The molecular formula is C24H34N6O6. The summed E-state index contributed by atoms with van der Waals surface area (Å²) in [5.74, 6) is -3.27. The van der Waals surface area contributed by atoms with E-state index in [0.29, 0.717) is 5.69 Å². The molecule has 0 saturated carbocycles. The highest BCUT2D eigenvalue weighted by molar-refractivity contribution is 5.94. The van der Waals surface area contributed by atoms with E-state index in [9.17, 15) is 24.3 Å². The Balaban J connectivity index is 2.20. The number of aliphatic carboxylic acids is 1. The first-order valence-electron chi connectivity index (χ1n) is 11.6. The van der Waals surface area contributed by atoms with Crippen LogP contribution in [-0.2, 0) is 32.0 Å². The van der Waals surface area contributed by atoms with Crippen LogP contribution in [0, 0.1) is 5.92 Å². The molecule has 2 aromatic rings. The average Bonchev–Trinajstić information content (AvgIpc) is 3.35. The van der Waals surface area contributed by atoms with Crippen molar-refractivity contribution < 1.29 is 29.4 Å². The molecule has 0 bridgehead atoms. The summed E-state index contributed by atoms with van der Waals surface area (Å²) in [5, 5.41) is 26.4. The molecule has 1 aromatic carbocycles. The Morgan fingerprint density at radius 3 is 2.11 bits per heavy atom. The summed E-state index contributed by atoms with van der Waals surface area (Å²) < 4.78 is 0. The molecule has 0 saturated heterocycles. The number of carbonyl (C=O) groups excluding carboxylic acids is 3. The maximum absolute atomic E-state index is 13.2. The SMILES string of the molecule is CC(C)CC(NC(=O)C(N)CO)C(=O)NC(Cc1cnc[nH]1)C(=O)NC(Cc1ccccc1)C(=O)O. The fourth-order valence-corrected chi connectivity index (χ4v) is 3.48. The first-order chi connectivity index (χ1) is 17.1. The van der Waals surface area contributed by atoms with Crippen LogP contribution >= 0.6 is 0 Å². The largest absolute Gasteiger partial charge is 0.480 e. The van der Waals surface area contributed by atoms with E-state index in [1.807, 2.05) is 13.8 Å². The number of nitrogens with one attached hydrogen (secondary N) is 4. The van der Waals surface area contributed by atoms with Crippen LogP contribution in [0.1, 0.15) is 31.5 Å². The van der Waals surface area contributed by atoms with Crippen molar-refractivity contribution in [3.8, 4) is 0 Å². The van der Waals surface area contributed by atoms with Crippen LogP contribution in [0.2, 0.25) is 0 Å². The monoisotopic (exact) mass is 502 g/mol. The van der Waals surface area contributed by atoms with Gasteiger partial charge in [0.15, 0.2) is 0 Å². The summed E-state index contributed by atoms with van der Waals surface area (Å²) >= 11 is 0. The Hall–Kier alpha value is -3.77. The van der Waals surface area contributed by atoms with Gasteiger partial charge in [0.05, 0.1) is 12.9 Å². The molecule has 12 heteroatoms. The number of hydrogen-bond donors (Lipinski definition) is 7. The number of rotatable bonds is 14. The van der Waals surface area contributed by atoms with Crippen molar-refractivity contribution >= 4 is 23.7 Å². The lowest BCUT2D eigenvalue weighted by molar-refractivity contribution is -0.142. The number of carboxylic acid groups (broad SMARTS) is 1. The predicted molar refractivity (Wildman–Crippen MR) is 130 cm³/mol. The van der Waals surface area contributed by atoms with Crippen LogP contribution in [0.25, 0.3) is 0 Å². The van der Waals surface area contributed by atoms with Gasteiger partial charge in [0.25, 0.3) is 0 Å². The molecule has 1 aromatic heterocycles. The number of H-pyrrole nitrogens is 1. The number of hydrogen-bond acceptors (Lipinski definition) is 7. The molecule has 12 nitrogen and oxygen atoms in total. The fourth-order valence-electron chi connectivity index (χ4n) is 3.48. The normalized spacial score (nSPS) is 14.4. The van der Waals surface area contributed by atoms with Crippen LogP contribution < -0.4 is 21.7 Å². The van der Waals surface area contributed by atoms with Gasteiger partial charge in [-0.05, 0) is 17.9 Å². The summed E-state index contributed by atoms with van der Waals surface area (Å²) in [6.45, 7) is 3.12. The minimum Gasteiger partial charge on any atom is -0.480 e. The van der Waals surface area contributed by atoms with Crippen molar-refractivity contribution in [3.63, 3.8) is 0 Å². The quantitative estimate of drug-likeness (QED) is 0.172. The number of aromatic nitrogens is 2. The molecule has 0 fully saturated rings. The molecule has 0 spiro atoms. The number of benzene rings is 1. The number of carboxylic acids is 1. The van der Waals surface area contributed by atoms with Gasteiger partial charge >= 0.3 is 5.97 Å². The maximum atomic E-state index is 13.2. The Labute approximate surface area is 209 Å². The molecule has 36 heavy (non-hydrogen) atoms. The fraction of sp³-hybridized carbons (Fsp3) is 0.458. The number of carbonyl (C=O) groups is 4. The minimum absolute atomic E-state index is 0.00769. The molecular weight excluding hydrogens is 468 g/mol. The van der Waals surface area contributed by atoms with E-state index in [0.717, 1.165) is 5.56 Å². The van der Waals surface area contributed by atoms with Crippen molar-refractivity contribution in [1.82, 2.24) is 25.9 Å². The second-order valence-corrected chi connectivity index (χ2v) is 8.91. The zero-order valence-corrected chi connectivity index (χ0v) is 20.3. The van der Waals surface area contributed by atoms with Crippen molar-refractivity contribution in [2.45, 2.75) is 57.3 Å². The third-order valence-corrected chi connectivity index (χ3v) is 5.38. The van der Waals surface area contributed by atoms with Gasteiger partial charge in [0, 0.05) is 24.7 Å². The van der Waals surface area contributed by atoms with Gasteiger partial charge < -0.3 is 36.9 Å². The first kappa shape index (κ1) is 28.5. The molecule has 0 radical (unpaired) electrons. The molecule has 196 valence electrons. The molecule has 8 N–H and O–H groups in total. The Morgan fingerprint density at radius 1 is 0.944 bits per heavy atom. The molecule has 0 aliphatic rings. The van der Waals surface area contributed by atoms with Gasteiger partial charge in [-0.2, -0.15) is 0 Å². The Bertz CT molecular complexity index is 998. The number of nitrogens with zero attached hydrogens (tertiary/aromatic N) is 1. The van der Waals surface area contributed by atoms with Gasteiger partial charge in [0.2, 0.25) is 17.7 Å². The number of imidazole rings is 1. The molecule has 2 rings (SSSR count). The second kappa shape index (κ2) is 14.0. The molecule has 1 heterocycles. The van der Waals surface area contributed by atoms with E-state index in [-0.39, 0.29) is 25.2 Å². The molecule has 0 aliphatic carbocycles. The number of nitrogens with two attached hydrogens (primary N) is 1. The minimum atomic E-state index is -1.23. The van der Waals surface area contributed by atoms with Crippen LogP contribution in [0.5, 0.6) is 0 Å². The lowest BCUT2D eigenvalue weighted by Gasteiger charge is -2.25. The standard InChI is InChI=1S/C24H34N6O6/c1-14(2)8-18(28-21(32)17(25)12-31)22(33)29-19(10-16-11-26-13-27-16)23(34)30-20(24(35)36)9-15-6-4-3-5-7-15/h3-7,11,13-14,17-20,31H,8-10,12,25H2,1-2H3,(H,26,27)(H,28,32)(H,29,33)(H,30,34)(H,35,36). The third-order valence-electron chi connectivity index (χ3n) is 5.38. The van der Waals surface area contributed by atoms with Crippen LogP contribution in [0.15, 0.2) is 42.9 Å². The van der Waals surface area contributed by atoms with Crippen molar-refractivity contribution in [3.05, 3.63) is 54.1 Å². The molecule has 0 aliphatic heterocycles. The predicted octanol–water partition coefficient (Wildman–Crippen LogP) is -0.900. The number of amides is 3. The summed E-state index contributed by atoms with van der Waals surface area (Å²) in [7, 11) is 0. The van der Waals surface area contributed by atoms with E-state index < -0.39 is 54.5 Å². The van der Waals surface area contributed by atoms with Gasteiger partial charge in [-0.1, -0.05) is 44.2 Å². The summed E-state index contributed by atoms with van der Waals surface area (Å²) in [6, 6.07) is 4.23. The summed E-state index contributed by atoms with van der Waals surface area (Å²) in [6.07, 6.45) is 3.21. The first-order valence-corrected chi connectivity index (χ1v) is 11.6. The van der Waals surface area contributed by atoms with Gasteiger partial charge in [-0.25, -0.2) is 9.78 Å². The molecule has 3 amide bonds. The lowest BCUT2D eigenvalue weighted by Crippen LogP contribution is -2.58. The second-order valence-electron chi connectivity index (χ2n) is 8.91. The maximum Gasteiger partial charge on any atom is 0.326 e. The van der Waals surface area contributed by atoms with E-state index in [4.69, 9.17) is 10.8 Å². The van der Waals surface area contributed by atoms with Crippen molar-refractivity contribution in [2.75, 3.05) is 6.61 Å². The van der Waals surface area contributed by atoms with Crippen molar-refractivity contribution in [1.29, 1.82) is 0 Å². The van der Waals surface area contributed by atoms with E-state index >= 15 is 0 Å². The number of aliphatic hydroxyl groups is 1. The van der Waals surface area contributed by atoms with Crippen LogP contribution in [0.4, 0.5) is 0 Å². The highest BCUT2D eigenvalue weighted by Gasteiger charge is 2.31. The lowest BCUT2D eigenvalue weighted by atomic mass is 10.0. The van der Waals surface area contributed by atoms with E-state index in [1.165, 1.54) is 12.5 Å². The third kappa shape index (κ3) is 9.12. The highest BCUT2D eigenvalue weighted by atomic mass is 16.4. The zero-order chi connectivity index (χ0) is 26.7. The average molecular weight is 503 g/mol. The summed E-state index contributed by atoms with van der Waals surface area (Å²) in [4.78, 5) is 57.1. The van der Waals surface area contributed by atoms with Crippen LogP contribution in [0.3, 0.4) is 0 Å².